The van der Waals surface area contributed by atoms with Gasteiger partial charge in [0.25, 0.3) is 0 Å². The van der Waals surface area contributed by atoms with Gasteiger partial charge in [-0.1, -0.05) is 67.9 Å². The second-order valence-corrected chi connectivity index (χ2v) is 9.69. The van der Waals surface area contributed by atoms with E-state index in [1.54, 1.807) is 0 Å². The van der Waals surface area contributed by atoms with Crippen LogP contribution in [0.3, 0.4) is 0 Å². The first-order valence-corrected chi connectivity index (χ1v) is 13.0. The fourth-order valence-electron chi connectivity index (χ4n) is 3.83. The maximum Gasteiger partial charge on any atom is 0.0642 e. The number of halogens is 1. The summed E-state index contributed by atoms with van der Waals surface area (Å²) in [7, 11) is 0. The van der Waals surface area contributed by atoms with Gasteiger partial charge in [0.05, 0.1) is 24.6 Å². The van der Waals surface area contributed by atoms with Crippen molar-refractivity contribution in [3.05, 3.63) is 88.8 Å². The third-order valence-corrected chi connectivity index (χ3v) is 6.66. The van der Waals surface area contributed by atoms with Crippen molar-refractivity contribution in [3.8, 4) is 0 Å². The van der Waals surface area contributed by atoms with Crippen LogP contribution in [0.2, 0.25) is 0 Å². The number of hydrogen-bond acceptors (Lipinski definition) is 4. The predicted octanol–water partition coefficient (Wildman–Crippen LogP) is 7.88. The Morgan fingerprint density at radius 1 is 1.18 bits per heavy atom. The summed E-state index contributed by atoms with van der Waals surface area (Å²) in [6, 6.07) is 15.0. The zero-order valence-electron chi connectivity index (χ0n) is 21.0. The SMILES string of the molecule is C=C(/C(=C/CC)Nc1ccc(N2CCOCC2)cc1)N(/C=C\C(C)CC)c1cc(Br)ccc1C. The lowest BCUT2D eigenvalue weighted by atomic mass is 10.1. The number of nitrogens with one attached hydrogen (secondary N) is 1. The van der Waals surface area contributed by atoms with Gasteiger partial charge < -0.3 is 19.9 Å². The van der Waals surface area contributed by atoms with E-state index in [9.17, 15) is 0 Å². The maximum atomic E-state index is 5.48. The third-order valence-electron chi connectivity index (χ3n) is 6.17. The van der Waals surface area contributed by atoms with Crippen LogP contribution in [0, 0.1) is 12.8 Å². The van der Waals surface area contributed by atoms with Crippen molar-refractivity contribution in [2.24, 2.45) is 5.92 Å². The standard InChI is InChI=1S/C29H38BrN3O/c1-6-8-28(31-26-11-13-27(14-12-26)32-17-19-34-20-18-32)24(5)33(16-15-22(3)7-2)29-21-25(30)10-9-23(29)4/h8-16,21-22,31H,5-7,17-20H2,1-4H3/b16-15-,28-8-. The van der Waals surface area contributed by atoms with Gasteiger partial charge in [-0.2, -0.15) is 0 Å². The minimum atomic E-state index is 0.488. The molecule has 34 heavy (non-hydrogen) atoms. The van der Waals surface area contributed by atoms with E-state index in [1.807, 2.05) is 0 Å². The van der Waals surface area contributed by atoms with E-state index in [0.29, 0.717) is 5.92 Å². The Morgan fingerprint density at radius 3 is 2.53 bits per heavy atom. The molecule has 0 amide bonds. The zero-order valence-corrected chi connectivity index (χ0v) is 22.6. The molecule has 1 heterocycles. The molecule has 2 aromatic rings. The Balaban J connectivity index is 1.86. The van der Waals surface area contributed by atoms with Gasteiger partial charge >= 0.3 is 0 Å². The van der Waals surface area contributed by atoms with Crippen molar-refractivity contribution >= 4 is 33.0 Å². The summed E-state index contributed by atoms with van der Waals surface area (Å²) in [6.45, 7) is 16.7. The lowest BCUT2D eigenvalue weighted by molar-refractivity contribution is 0.122. The summed E-state index contributed by atoms with van der Waals surface area (Å²) in [5.41, 5.74) is 6.52. The second kappa shape index (κ2) is 12.8. The monoisotopic (exact) mass is 523 g/mol. The molecular formula is C29H38BrN3O. The molecule has 0 aliphatic carbocycles. The van der Waals surface area contributed by atoms with Gasteiger partial charge in [0, 0.05) is 40.8 Å². The highest BCUT2D eigenvalue weighted by atomic mass is 79.9. The maximum absolute atomic E-state index is 5.48. The van der Waals surface area contributed by atoms with Crippen LogP contribution in [0.4, 0.5) is 17.1 Å². The number of hydrogen-bond donors (Lipinski definition) is 1. The minimum Gasteiger partial charge on any atom is -0.378 e. The summed E-state index contributed by atoms with van der Waals surface area (Å²) in [4.78, 5) is 4.56. The normalized spacial score (nSPS) is 15.4. The van der Waals surface area contributed by atoms with E-state index in [4.69, 9.17) is 4.74 Å². The average Bonchev–Trinajstić information content (AvgIpc) is 2.86. The van der Waals surface area contributed by atoms with Crippen LogP contribution in [0.25, 0.3) is 0 Å². The van der Waals surface area contributed by atoms with Gasteiger partial charge in [0.2, 0.25) is 0 Å². The molecule has 4 nitrogen and oxygen atoms in total. The first-order valence-electron chi connectivity index (χ1n) is 12.3. The molecule has 0 spiro atoms. The molecule has 182 valence electrons. The second-order valence-electron chi connectivity index (χ2n) is 8.77. The van der Waals surface area contributed by atoms with Gasteiger partial charge in [-0.05, 0) is 61.2 Å². The number of allylic oxidation sites excluding steroid dienone is 2. The molecule has 0 bridgehead atoms. The number of benzene rings is 2. The Morgan fingerprint density at radius 2 is 1.88 bits per heavy atom. The summed E-state index contributed by atoms with van der Waals surface area (Å²) in [5, 5.41) is 3.63. The zero-order chi connectivity index (χ0) is 24.5. The highest BCUT2D eigenvalue weighted by Gasteiger charge is 2.16. The molecule has 3 rings (SSSR count). The molecule has 1 unspecified atom stereocenters. The summed E-state index contributed by atoms with van der Waals surface area (Å²) >= 11 is 3.65. The van der Waals surface area contributed by atoms with Gasteiger partial charge in [0.1, 0.15) is 0 Å². The highest BCUT2D eigenvalue weighted by molar-refractivity contribution is 9.10. The smallest absolute Gasteiger partial charge is 0.0642 e. The van der Waals surface area contributed by atoms with Gasteiger partial charge in [0.15, 0.2) is 0 Å². The number of morpholine rings is 1. The fraction of sp³-hybridized carbons (Fsp3) is 0.379. The number of aryl methyl sites for hydroxylation is 1. The van der Waals surface area contributed by atoms with Crippen LogP contribution in [0.1, 0.15) is 39.2 Å². The number of nitrogens with zero attached hydrogens (tertiary/aromatic N) is 2. The lowest BCUT2D eigenvalue weighted by Crippen LogP contribution is -2.36. The average molecular weight is 525 g/mol. The van der Waals surface area contributed by atoms with E-state index in [2.05, 4.69) is 126 Å². The predicted molar refractivity (Wildman–Crippen MR) is 151 cm³/mol. The molecule has 5 heteroatoms. The van der Waals surface area contributed by atoms with Gasteiger partial charge in [-0.3, -0.25) is 0 Å². The van der Waals surface area contributed by atoms with E-state index in [0.717, 1.165) is 66.4 Å². The van der Waals surface area contributed by atoms with E-state index < -0.39 is 0 Å². The molecule has 0 aromatic heterocycles. The van der Waals surface area contributed by atoms with E-state index in [1.165, 1.54) is 11.3 Å². The molecule has 1 atom stereocenters. The summed E-state index contributed by atoms with van der Waals surface area (Å²) in [6.07, 6.45) is 8.63. The topological polar surface area (TPSA) is 27.7 Å². The van der Waals surface area contributed by atoms with Crippen molar-refractivity contribution in [1.82, 2.24) is 0 Å². The van der Waals surface area contributed by atoms with Crippen molar-refractivity contribution in [2.45, 2.75) is 40.5 Å². The van der Waals surface area contributed by atoms with Crippen LogP contribution in [0.5, 0.6) is 0 Å². The van der Waals surface area contributed by atoms with Gasteiger partial charge in [-0.15, -0.1) is 0 Å². The van der Waals surface area contributed by atoms with Crippen molar-refractivity contribution < 1.29 is 4.74 Å². The molecular weight excluding hydrogens is 486 g/mol. The van der Waals surface area contributed by atoms with Crippen molar-refractivity contribution in [2.75, 3.05) is 41.4 Å². The van der Waals surface area contributed by atoms with Crippen LogP contribution < -0.4 is 15.1 Å². The fourth-order valence-corrected chi connectivity index (χ4v) is 4.18. The first kappa shape index (κ1) is 26.1. The van der Waals surface area contributed by atoms with Crippen LogP contribution in [-0.2, 0) is 4.74 Å². The van der Waals surface area contributed by atoms with Crippen LogP contribution in [0.15, 0.2) is 83.3 Å². The summed E-state index contributed by atoms with van der Waals surface area (Å²) < 4.78 is 6.53. The molecule has 0 saturated carbocycles. The molecule has 0 radical (unpaired) electrons. The molecule has 1 fully saturated rings. The molecule has 2 aromatic carbocycles. The number of anilines is 3. The van der Waals surface area contributed by atoms with E-state index in [-0.39, 0.29) is 0 Å². The minimum absolute atomic E-state index is 0.488. The molecule has 1 aliphatic heterocycles. The Hall–Kier alpha value is -2.50. The first-order chi connectivity index (χ1) is 16.4. The quantitative estimate of drug-likeness (QED) is 0.320. The number of ether oxygens (including phenoxy) is 1. The van der Waals surface area contributed by atoms with Crippen LogP contribution >= 0.6 is 15.9 Å². The Bertz CT molecular complexity index is 1010. The Labute approximate surface area is 214 Å². The molecule has 1 N–H and O–H groups in total. The Kier molecular flexibility index (Phi) is 9.85. The lowest BCUT2D eigenvalue weighted by Gasteiger charge is -2.29. The highest BCUT2D eigenvalue weighted by Crippen LogP contribution is 2.31. The molecule has 1 aliphatic rings. The largest absolute Gasteiger partial charge is 0.378 e. The third kappa shape index (κ3) is 7.00. The van der Waals surface area contributed by atoms with Crippen LogP contribution in [-0.4, -0.2) is 26.3 Å². The van der Waals surface area contributed by atoms with E-state index >= 15 is 0 Å². The number of rotatable bonds is 10. The van der Waals surface area contributed by atoms with Gasteiger partial charge in [-0.25, -0.2) is 0 Å². The van der Waals surface area contributed by atoms with Crippen molar-refractivity contribution in [3.63, 3.8) is 0 Å². The van der Waals surface area contributed by atoms with Crippen molar-refractivity contribution in [1.29, 1.82) is 0 Å². The molecule has 1 saturated heterocycles. The summed E-state index contributed by atoms with van der Waals surface area (Å²) in [5.74, 6) is 0.488.